The molecule has 0 saturated heterocycles. The zero-order valence-corrected chi connectivity index (χ0v) is 19.3. The number of aryl methyl sites for hydroxylation is 1. The fourth-order valence-corrected chi connectivity index (χ4v) is 4.44. The molecule has 3 aromatic rings. The van der Waals surface area contributed by atoms with Gasteiger partial charge in [0.15, 0.2) is 5.16 Å². The summed E-state index contributed by atoms with van der Waals surface area (Å²) in [5.41, 5.74) is 1.53. The molecule has 2 aromatic carbocycles. The van der Waals surface area contributed by atoms with Crippen molar-refractivity contribution in [2.24, 2.45) is 0 Å². The Kier molecular flexibility index (Phi) is 8.13. The summed E-state index contributed by atoms with van der Waals surface area (Å²) in [5.74, 6) is 1.92. The highest BCUT2D eigenvalue weighted by molar-refractivity contribution is 7.99. The van der Waals surface area contributed by atoms with Crippen molar-refractivity contribution in [1.29, 1.82) is 0 Å². The highest BCUT2D eigenvalue weighted by atomic mass is 35.5. The van der Waals surface area contributed by atoms with E-state index in [0.29, 0.717) is 40.5 Å². The molecule has 0 bridgehead atoms. The first kappa shape index (κ1) is 23.6. The number of ether oxygens (including phenoxy) is 2. The number of rotatable bonds is 11. The van der Waals surface area contributed by atoms with Crippen molar-refractivity contribution >= 4 is 23.4 Å². The molecule has 0 saturated carbocycles. The van der Waals surface area contributed by atoms with Crippen LogP contribution in [0.5, 0.6) is 11.5 Å². The van der Waals surface area contributed by atoms with E-state index in [4.69, 9.17) is 21.1 Å². The second kappa shape index (κ2) is 11.0. The van der Waals surface area contributed by atoms with E-state index in [1.807, 2.05) is 42.7 Å². The van der Waals surface area contributed by atoms with Crippen molar-refractivity contribution in [1.82, 2.24) is 14.8 Å². The molecule has 1 aromatic heterocycles. The van der Waals surface area contributed by atoms with Crippen LogP contribution in [0.25, 0.3) is 5.69 Å². The SMILES string of the molecule is C=CCOc1ccc([C@@H](C[N+](=O)[O-])Sc2nnc(C)n2-c2ccc(OCC)cc2)cc1Cl. The Hall–Kier alpha value is -3.04. The van der Waals surface area contributed by atoms with Gasteiger partial charge >= 0.3 is 0 Å². The molecule has 1 heterocycles. The van der Waals surface area contributed by atoms with Crippen molar-refractivity contribution < 1.29 is 14.4 Å². The topological polar surface area (TPSA) is 92.3 Å². The summed E-state index contributed by atoms with van der Waals surface area (Å²) in [5, 5.41) is 20.2. The van der Waals surface area contributed by atoms with Crippen LogP contribution < -0.4 is 9.47 Å². The molecule has 0 radical (unpaired) electrons. The maximum Gasteiger partial charge on any atom is 0.220 e. The minimum absolute atomic E-state index is 0.303. The molecule has 0 unspecified atom stereocenters. The van der Waals surface area contributed by atoms with Crippen LogP contribution in [0.2, 0.25) is 5.02 Å². The van der Waals surface area contributed by atoms with E-state index in [9.17, 15) is 10.1 Å². The molecule has 0 N–H and O–H groups in total. The second-order valence-corrected chi connectivity index (χ2v) is 8.28. The first-order chi connectivity index (χ1) is 15.4. The van der Waals surface area contributed by atoms with E-state index < -0.39 is 5.25 Å². The average molecular weight is 475 g/mol. The van der Waals surface area contributed by atoms with Crippen molar-refractivity contribution in [3.05, 3.63) is 81.6 Å². The summed E-state index contributed by atoms with van der Waals surface area (Å²) in [4.78, 5) is 11.0. The van der Waals surface area contributed by atoms with E-state index in [1.165, 1.54) is 11.8 Å². The molecule has 168 valence electrons. The lowest BCUT2D eigenvalue weighted by atomic mass is 10.1. The Bertz CT molecular complexity index is 1090. The lowest BCUT2D eigenvalue weighted by Crippen LogP contribution is -2.11. The Morgan fingerprint density at radius 3 is 2.62 bits per heavy atom. The first-order valence-corrected chi connectivity index (χ1v) is 11.2. The van der Waals surface area contributed by atoms with Gasteiger partial charge in [0.2, 0.25) is 6.54 Å². The minimum Gasteiger partial charge on any atom is -0.494 e. The van der Waals surface area contributed by atoms with Gasteiger partial charge in [-0.3, -0.25) is 14.7 Å². The van der Waals surface area contributed by atoms with Crippen LogP contribution in [-0.4, -0.2) is 39.4 Å². The van der Waals surface area contributed by atoms with Gasteiger partial charge in [-0.05, 0) is 55.8 Å². The molecule has 0 amide bonds. The molecule has 3 rings (SSSR count). The third-order valence-electron chi connectivity index (χ3n) is 4.45. The summed E-state index contributed by atoms with van der Waals surface area (Å²) < 4.78 is 12.9. The van der Waals surface area contributed by atoms with Crippen molar-refractivity contribution in [3.8, 4) is 17.2 Å². The van der Waals surface area contributed by atoms with Gasteiger partial charge in [-0.2, -0.15) is 0 Å². The predicted octanol–water partition coefficient (Wildman–Crippen LogP) is 5.30. The Morgan fingerprint density at radius 2 is 2.00 bits per heavy atom. The van der Waals surface area contributed by atoms with Crippen molar-refractivity contribution in [2.45, 2.75) is 24.3 Å². The van der Waals surface area contributed by atoms with Gasteiger partial charge in [-0.15, -0.1) is 10.2 Å². The molecule has 8 nitrogen and oxygen atoms in total. The molecule has 0 aliphatic rings. The maximum absolute atomic E-state index is 11.4. The van der Waals surface area contributed by atoms with Crippen LogP contribution in [0.15, 0.2) is 60.3 Å². The summed E-state index contributed by atoms with van der Waals surface area (Å²) in [6.45, 7) is 7.96. The Balaban J connectivity index is 1.91. The van der Waals surface area contributed by atoms with E-state index in [2.05, 4.69) is 16.8 Å². The number of thioether (sulfide) groups is 1. The average Bonchev–Trinajstić information content (AvgIpc) is 3.13. The van der Waals surface area contributed by atoms with E-state index >= 15 is 0 Å². The van der Waals surface area contributed by atoms with Crippen molar-refractivity contribution in [3.63, 3.8) is 0 Å². The molecule has 1 atom stereocenters. The lowest BCUT2D eigenvalue weighted by molar-refractivity contribution is -0.479. The minimum atomic E-state index is -0.527. The quantitative estimate of drug-likeness (QED) is 0.161. The fourth-order valence-electron chi connectivity index (χ4n) is 3.03. The van der Waals surface area contributed by atoms with Crippen LogP contribution in [0.4, 0.5) is 0 Å². The smallest absolute Gasteiger partial charge is 0.220 e. The van der Waals surface area contributed by atoms with Gasteiger partial charge in [0.1, 0.15) is 29.2 Å². The summed E-state index contributed by atoms with van der Waals surface area (Å²) in [6.07, 6.45) is 1.62. The molecule has 0 aliphatic carbocycles. The molecule has 10 heteroatoms. The zero-order valence-electron chi connectivity index (χ0n) is 17.7. The number of hydrogen-bond acceptors (Lipinski definition) is 7. The van der Waals surface area contributed by atoms with Crippen LogP contribution in [-0.2, 0) is 0 Å². The highest BCUT2D eigenvalue weighted by Crippen LogP contribution is 2.38. The summed E-state index contributed by atoms with van der Waals surface area (Å²) in [7, 11) is 0. The van der Waals surface area contributed by atoms with Crippen LogP contribution in [0, 0.1) is 17.0 Å². The normalized spacial score (nSPS) is 11.7. The third-order valence-corrected chi connectivity index (χ3v) is 5.92. The molecule has 0 spiro atoms. The number of halogens is 1. The lowest BCUT2D eigenvalue weighted by Gasteiger charge is -2.16. The van der Waals surface area contributed by atoms with Crippen LogP contribution in [0.1, 0.15) is 23.6 Å². The largest absolute Gasteiger partial charge is 0.494 e. The molecular formula is C22H23ClN4O4S. The number of nitrogens with zero attached hydrogens (tertiary/aromatic N) is 4. The van der Waals surface area contributed by atoms with Gasteiger partial charge in [0, 0.05) is 10.6 Å². The Morgan fingerprint density at radius 1 is 1.25 bits per heavy atom. The van der Waals surface area contributed by atoms with E-state index in [1.54, 1.807) is 24.3 Å². The van der Waals surface area contributed by atoms with Crippen LogP contribution in [0.3, 0.4) is 0 Å². The third kappa shape index (κ3) is 5.80. The number of hydrogen-bond donors (Lipinski definition) is 0. The Labute approximate surface area is 195 Å². The predicted molar refractivity (Wildman–Crippen MR) is 125 cm³/mol. The highest BCUT2D eigenvalue weighted by Gasteiger charge is 2.24. The standard InChI is InChI=1S/C22H23ClN4O4S/c1-4-12-31-20-11-6-16(13-19(20)23)21(14-26(28)29)32-22-25-24-15(3)27(22)17-7-9-18(10-8-17)30-5-2/h4,6-11,13,21H,1,5,12,14H2,2-3H3/t21-/m1/s1. The summed E-state index contributed by atoms with van der Waals surface area (Å²) >= 11 is 7.60. The summed E-state index contributed by atoms with van der Waals surface area (Å²) in [6, 6.07) is 12.7. The second-order valence-electron chi connectivity index (χ2n) is 6.70. The molecular weight excluding hydrogens is 452 g/mol. The molecule has 0 aliphatic heterocycles. The maximum atomic E-state index is 11.4. The zero-order chi connectivity index (χ0) is 23.1. The van der Waals surface area contributed by atoms with Gasteiger partial charge in [-0.25, -0.2) is 0 Å². The monoisotopic (exact) mass is 474 g/mol. The van der Waals surface area contributed by atoms with E-state index in [-0.39, 0.29) is 11.5 Å². The van der Waals surface area contributed by atoms with Gasteiger partial charge < -0.3 is 9.47 Å². The number of nitro groups is 1. The fraction of sp³-hybridized carbons (Fsp3) is 0.273. The van der Waals surface area contributed by atoms with Gasteiger partial charge in [-0.1, -0.05) is 42.1 Å². The number of benzene rings is 2. The van der Waals surface area contributed by atoms with Crippen molar-refractivity contribution in [2.75, 3.05) is 19.8 Å². The van der Waals surface area contributed by atoms with Gasteiger partial charge in [0.25, 0.3) is 0 Å². The van der Waals surface area contributed by atoms with E-state index in [0.717, 1.165) is 11.4 Å². The van der Waals surface area contributed by atoms with Crippen LogP contribution >= 0.6 is 23.4 Å². The first-order valence-electron chi connectivity index (χ1n) is 9.89. The number of aromatic nitrogens is 3. The van der Waals surface area contributed by atoms with Gasteiger partial charge in [0.05, 0.1) is 11.6 Å². The molecule has 0 fully saturated rings. The molecule has 32 heavy (non-hydrogen) atoms.